The van der Waals surface area contributed by atoms with Crippen molar-refractivity contribution in [3.05, 3.63) is 60.2 Å². The van der Waals surface area contributed by atoms with Gasteiger partial charge in [0, 0.05) is 17.9 Å². The molecular weight excluding hydrogens is 312 g/mol. The van der Waals surface area contributed by atoms with Crippen LogP contribution in [0.2, 0.25) is 0 Å². The molecule has 0 unspecified atom stereocenters. The highest BCUT2D eigenvalue weighted by Gasteiger charge is 2.39. The van der Waals surface area contributed by atoms with Gasteiger partial charge in [-0.25, -0.2) is 0 Å². The predicted octanol–water partition coefficient (Wildman–Crippen LogP) is 4.27. The van der Waals surface area contributed by atoms with Gasteiger partial charge in [0.15, 0.2) is 0 Å². The van der Waals surface area contributed by atoms with E-state index in [0.717, 1.165) is 12.1 Å². The van der Waals surface area contributed by atoms with E-state index in [1.165, 1.54) is 5.56 Å². The molecule has 25 heavy (non-hydrogen) atoms. The lowest BCUT2D eigenvalue weighted by molar-refractivity contribution is -0.136. The fourth-order valence-electron chi connectivity index (χ4n) is 2.60. The number of anilines is 2. The van der Waals surface area contributed by atoms with Crippen molar-refractivity contribution in [2.75, 3.05) is 16.8 Å². The molecular formula is C21H26N2O2. The van der Waals surface area contributed by atoms with Crippen LogP contribution in [-0.4, -0.2) is 18.4 Å². The Kier molecular flexibility index (Phi) is 5.97. The van der Waals surface area contributed by atoms with Gasteiger partial charge in [-0.15, -0.1) is 0 Å². The second-order valence-electron chi connectivity index (χ2n) is 6.51. The molecule has 2 aromatic carbocycles. The quantitative estimate of drug-likeness (QED) is 0.800. The number of rotatable bonds is 6. The van der Waals surface area contributed by atoms with Crippen LogP contribution in [0, 0.1) is 5.41 Å². The Balaban J connectivity index is 2.17. The zero-order valence-electron chi connectivity index (χ0n) is 15.4. The summed E-state index contributed by atoms with van der Waals surface area (Å²) < 4.78 is 0. The molecule has 0 aliphatic rings. The Labute approximate surface area is 149 Å². The molecule has 0 spiro atoms. The molecule has 0 atom stereocenters. The van der Waals surface area contributed by atoms with Crippen molar-refractivity contribution < 1.29 is 9.59 Å². The highest BCUT2D eigenvalue weighted by molar-refractivity contribution is 6.14. The number of benzene rings is 2. The molecule has 132 valence electrons. The number of hydrogen-bond donors (Lipinski definition) is 1. The van der Waals surface area contributed by atoms with Crippen molar-refractivity contribution in [1.82, 2.24) is 0 Å². The van der Waals surface area contributed by atoms with Crippen LogP contribution in [-0.2, 0) is 16.0 Å². The molecule has 0 aromatic heterocycles. The van der Waals surface area contributed by atoms with Crippen LogP contribution in [0.25, 0.3) is 0 Å². The molecule has 0 aliphatic carbocycles. The Hall–Kier alpha value is -2.62. The van der Waals surface area contributed by atoms with E-state index < -0.39 is 5.41 Å². The monoisotopic (exact) mass is 338 g/mol. The third-order valence-electron chi connectivity index (χ3n) is 4.35. The summed E-state index contributed by atoms with van der Waals surface area (Å²) in [6, 6.07) is 17.1. The van der Waals surface area contributed by atoms with Crippen LogP contribution in [0.3, 0.4) is 0 Å². The number of carbonyl (C=O) groups excluding carboxylic acids is 2. The molecule has 4 nitrogen and oxygen atoms in total. The zero-order chi connectivity index (χ0) is 18.4. The number of nitrogens with zero attached hydrogens (tertiary/aromatic N) is 1. The minimum atomic E-state index is -1.17. The van der Waals surface area contributed by atoms with Crippen LogP contribution in [0.15, 0.2) is 54.6 Å². The Morgan fingerprint density at radius 2 is 1.56 bits per heavy atom. The summed E-state index contributed by atoms with van der Waals surface area (Å²) in [6.45, 7) is 7.82. The molecule has 2 rings (SSSR count). The number of carbonyl (C=O) groups is 2. The maximum absolute atomic E-state index is 13.0. The summed E-state index contributed by atoms with van der Waals surface area (Å²) in [5.41, 5.74) is 1.53. The zero-order valence-corrected chi connectivity index (χ0v) is 15.4. The third-order valence-corrected chi connectivity index (χ3v) is 4.35. The molecule has 0 saturated carbocycles. The van der Waals surface area contributed by atoms with Crippen LogP contribution in [0.5, 0.6) is 0 Å². The molecule has 0 saturated heterocycles. The van der Waals surface area contributed by atoms with Crippen LogP contribution < -0.4 is 10.2 Å². The molecule has 2 aromatic rings. The van der Waals surface area contributed by atoms with E-state index in [2.05, 4.69) is 12.2 Å². The molecule has 0 bridgehead atoms. The average molecular weight is 338 g/mol. The van der Waals surface area contributed by atoms with Crippen molar-refractivity contribution in [1.29, 1.82) is 0 Å². The number of hydrogen-bond acceptors (Lipinski definition) is 2. The summed E-state index contributed by atoms with van der Waals surface area (Å²) in [6.07, 6.45) is 0.945. The fraction of sp³-hybridized carbons (Fsp3) is 0.333. The van der Waals surface area contributed by atoms with E-state index in [1.54, 1.807) is 18.7 Å². The number of amides is 2. The van der Waals surface area contributed by atoms with Crippen LogP contribution >= 0.6 is 0 Å². The van der Waals surface area contributed by atoms with Crippen molar-refractivity contribution in [3.63, 3.8) is 0 Å². The standard InChI is InChI=1S/C21H26N2O2/c1-5-16-12-14-17(15-13-16)22-19(24)21(3,4)20(25)23(6-2)18-10-8-7-9-11-18/h7-15H,5-6H2,1-4H3,(H,22,24). The van der Waals surface area contributed by atoms with Crippen molar-refractivity contribution >= 4 is 23.2 Å². The first-order valence-electron chi connectivity index (χ1n) is 8.67. The topological polar surface area (TPSA) is 49.4 Å². The van der Waals surface area contributed by atoms with E-state index in [1.807, 2.05) is 61.5 Å². The highest BCUT2D eigenvalue weighted by Crippen LogP contribution is 2.25. The average Bonchev–Trinajstić information content (AvgIpc) is 2.63. The molecule has 0 heterocycles. The van der Waals surface area contributed by atoms with Gasteiger partial charge in [0.2, 0.25) is 11.8 Å². The number of para-hydroxylation sites is 1. The third kappa shape index (κ3) is 4.27. The highest BCUT2D eigenvalue weighted by atomic mass is 16.2. The van der Waals surface area contributed by atoms with Crippen molar-refractivity contribution in [2.45, 2.75) is 34.1 Å². The first-order valence-corrected chi connectivity index (χ1v) is 8.67. The first-order chi connectivity index (χ1) is 11.9. The van der Waals surface area contributed by atoms with Crippen molar-refractivity contribution in [2.24, 2.45) is 5.41 Å². The molecule has 2 amide bonds. The first kappa shape index (κ1) is 18.7. The number of aryl methyl sites for hydroxylation is 1. The molecule has 0 aliphatic heterocycles. The summed E-state index contributed by atoms with van der Waals surface area (Å²) in [7, 11) is 0. The largest absolute Gasteiger partial charge is 0.325 e. The maximum Gasteiger partial charge on any atom is 0.242 e. The van der Waals surface area contributed by atoms with Gasteiger partial charge >= 0.3 is 0 Å². The van der Waals surface area contributed by atoms with E-state index in [9.17, 15) is 9.59 Å². The summed E-state index contributed by atoms with van der Waals surface area (Å²) in [5, 5.41) is 2.86. The van der Waals surface area contributed by atoms with E-state index in [4.69, 9.17) is 0 Å². The minimum absolute atomic E-state index is 0.219. The second kappa shape index (κ2) is 7.97. The Bertz CT molecular complexity index is 721. The van der Waals surface area contributed by atoms with Gasteiger partial charge in [-0.05, 0) is 57.0 Å². The fourth-order valence-corrected chi connectivity index (χ4v) is 2.60. The molecule has 0 fully saturated rings. The minimum Gasteiger partial charge on any atom is -0.325 e. The summed E-state index contributed by atoms with van der Waals surface area (Å²) in [4.78, 5) is 27.4. The van der Waals surface area contributed by atoms with Crippen molar-refractivity contribution in [3.8, 4) is 0 Å². The van der Waals surface area contributed by atoms with Gasteiger partial charge in [-0.1, -0.05) is 37.3 Å². The van der Waals surface area contributed by atoms with Gasteiger partial charge < -0.3 is 10.2 Å². The molecule has 4 heteroatoms. The molecule has 1 N–H and O–H groups in total. The van der Waals surface area contributed by atoms with Crippen LogP contribution in [0.1, 0.15) is 33.3 Å². The Morgan fingerprint density at radius 3 is 2.08 bits per heavy atom. The van der Waals surface area contributed by atoms with Gasteiger partial charge in [0.05, 0.1) is 0 Å². The lowest BCUT2D eigenvalue weighted by atomic mass is 9.89. The summed E-state index contributed by atoms with van der Waals surface area (Å²) in [5.74, 6) is -0.528. The van der Waals surface area contributed by atoms with E-state index in [-0.39, 0.29) is 11.8 Å². The van der Waals surface area contributed by atoms with Gasteiger partial charge in [0.25, 0.3) is 0 Å². The van der Waals surface area contributed by atoms with Gasteiger partial charge in [-0.3, -0.25) is 9.59 Å². The van der Waals surface area contributed by atoms with E-state index in [0.29, 0.717) is 12.2 Å². The number of nitrogens with one attached hydrogen (secondary N) is 1. The lowest BCUT2D eigenvalue weighted by Gasteiger charge is -2.30. The smallest absolute Gasteiger partial charge is 0.242 e. The maximum atomic E-state index is 13.0. The van der Waals surface area contributed by atoms with Crippen LogP contribution in [0.4, 0.5) is 11.4 Å². The van der Waals surface area contributed by atoms with Gasteiger partial charge in [0.1, 0.15) is 5.41 Å². The summed E-state index contributed by atoms with van der Waals surface area (Å²) >= 11 is 0. The Morgan fingerprint density at radius 1 is 0.960 bits per heavy atom. The molecule has 0 radical (unpaired) electrons. The normalized spacial score (nSPS) is 11.0. The second-order valence-corrected chi connectivity index (χ2v) is 6.51. The predicted molar refractivity (Wildman–Crippen MR) is 103 cm³/mol. The van der Waals surface area contributed by atoms with Gasteiger partial charge in [-0.2, -0.15) is 0 Å². The SMILES string of the molecule is CCc1ccc(NC(=O)C(C)(C)C(=O)N(CC)c2ccccc2)cc1. The van der Waals surface area contributed by atoms with E-state index >= 15 is 0 Å². The lowest BCUT2D eigenvalue weighted by Crippen LogP contribution is -2.47.